The molecule has 1 rings (SSSR count). The Kier molecular flexibility index (Phi) is 3.29. The highest BCUT2D eigenvalue weighted by Gasteiger charge is 2.01. The van der Waals surface area contributed by atoms with Crippen molar-refractivity contribution >= 4 is 0 Å². The molecule has 68 valence electrons. The summed E-state index contributed by atoms with van der Waals surface area (Å²) in [6.07, 6.45) is 3.91. The van der Waals surface area contributed by atoms with Crippen LogP contribution in [-0.2, 0) is 13.0 Å². The first-order valence-corrected chi connectivity index (χ1v) is 4.50. The first kappa shape index (κ1) is 9.26. The molecule has 1 atom stereocenters. The average Bonchev–Trinajstić information content (AvgIpc) is 2.47. The van der Waals surface area contributed by atoms with Crippen LogP contribution in [0.3, 0.4) is 0 Å². The SMILES string of the molecule is CCn1nccc1CC[C@H](C)N. The molecule has 0 aliphatic heterocycles. The van der Waals surface area contributed by atoms with Crippen LogP contribution in [0, 0.1) is 0 Å². The highest BCUT2D eigenvalue weighted by Crippen LogP contribution is 2.03. The summed E-state index contributed by atoms with van der Waals surface area (Å²) in [7, 11) is 0. The zero-order chi connectivity index (χ0) is 8.97. The summed E-state index contributed by atoms with van der Waals surface area (Å²) in [4.78, 5) is 0. The highest BCUT2D eigenvalue weighted by atomic mass is 15.3. The number of nitrogens with two attached hydrogens (primary N) is 1. The van der Waals surface area contributed by atoms with Gasteiger partial charge in [-0.3, -0.25) is 4.68 Å². The second-order valence-corrected chi connectivity index (χ2v) is 3.15. The van der Waals surface area contributed by atoms with Gasteiger partial charge in [0.2, 0.25) is 0 Å². The van der Waals surface area contributed by atoms with Crippen molar-refractivity contribution in [1.29, 1.82) is 0 Å². The van der Waals surface area contributed by atoms with Gasteiger partial charge in [0.25, 0.3) is 0 Å². The minimum Gasteiger partial charge on any atom is -0.328 e. The fourth-order valence-electron chi connectivity index (χ4n) is 1.23. The van der Waals surface area contributed by atoms with Gasteiger partial charge in [0, 0.05) is 24.5 Å². The molecule has 3 heteroatoms. The van der Waals surface area contributed by atoms with Crippen LogP contribution in [0.25, 0.3) is 0 Å². The van der Waals surface area contributed by atoms with Crippen molar-refractivity contribution in [3.05, 3.63) is 18.0 Å². The van der Waals surface area contributed by atoms with E-state index >= 15 is 0 Å². The molecule has 0 saturated heterocycles. The van der Waals surface area contributed by atoms with Crippen LogP contribution >= 0.6 is 0 Å². The molecular formula is C9H17N3. The van der Waals surface area contributed by atoms with Crippen molar-refractivity contribution in [3.8, 4) is 0 Å². The maximum atomic E-state index is 5.67. The Morgan fingerprint density at radius 1 is 1.67 bits per heavy atom. The van der Waals surface area contributed by atoms with Crippen molar-refractivity contribution in [2.24, 2.45) is 5.73 Å². The Bertz CT molecular complexity index is 227. The molecule has 0 fully saturated rings. The Morgan fingerprint density at radius 3 is 3.00 bits per heavy atom. The lowest BCUT2D eigenvalue weighted by Crippen LogP contribution is -2.16. The Labute approximate surface area is 73.6 Å². The summed E-state index contributed by atoms with van der Waals surface area (Å²) < 4.78 is 2.02. The van der Waals surface area contributed by atoms with E-state index in [4.69, 9.17) is 5.73 Å². The molecule has 0 unspecified atom stereocenters. The highest BCUT2D eigenvalue weighted by molar-refractivity contribution is 5.00. The summed E-state index contributed by atoms with van der Waals surface area (Å²) in [6.45, 7) is 5.08. The van der Waals surface area contributed by atoms with Gasteiger partial charge in [-0.2, -0.15) is 5.10 Å². The summed E-state index contributed by atoms with van der Waals surface area (Å²) in [5.41, 5.74) is 6.96. The molecule has 2 N–H and O–H groups in total. The largest absolute Gasteiger partial charge is 0.328 e. The van der Waals surface area contributed by atoms with Gasteiger partial charge in [0.05, 0.1) is 0 Å². The van der Waals surface area contributed by atoms with E-state index < -0.39 is 0 Å². The summed E-state index contributed by atoms with van der Waals surface area (Å²) >= 11 is 0. The van der Waals surface area contributed by atoms with E-state index in [-0.39, 0.29) is 6.04 Å². The van der Waals surface area contributed by atoms with E-state index in [1.807, 2.05) is 17.8 Å². The van der Waals surface area contributed by atoms with Gasteiger partial charge in [-0.25, -0.2) is 0 Å². The van der Waals surface area contributed by atoms with Crippen LogP contribution in [0.4, 0.5) is 0 Å². The number of aryl methyl sites for hydroxylation is 2. The second kappa shape index (κ2) is 4.26. The quantitative estimate of drug-likeness (QED) is 0.732. The summed E-state index contributed by atoms with van der Waals surface area (Å²) in [6, 6.07) is 2.34. The lowest BCUT2D eigenvalue weighted by atomic mass is 10.1. The molecule has 0 aliphatic rings. The molecule has 0 aromatic carbocycles. The molecule has 1 aromatic rings. The van der Waals surface area contributed by atoms with Crippen molar-refractivity contribution in [2.45, 2.75) is 39.3 Å². The lowest BCUT2D eigenvalue weighted by Gasteiger charge is -2.06. The number of hydrogen-bond donors (Lipinski definition) is 1. The van der Waals surface area contributed by atoms with Gasteiger partial charge in [0.1, 0.15) is 0 Å². The fraction of sp³-hybridized carbons (Fsp3) is 0.667. The molecule has 0 saturated carbocycles. The van der Waals surface area contributed by atoms with Gasteiger partial charge in [-0.15, -0.1) is 0 Å². The predicted molar refractivity (Wildman–Crippen MR) is 49.9 cm³/mol. The molecule has 0 radical (unpaired) electrons. The van der Waals surface area contributed by atoms with Gasteiger partial charge in [-0.05, 0) is 32.8 Å². The molecule has 0 spiro atoms. The van der Waals surface area contributed by atoms with E-state index in [0.717, 1.165) is 19.4 Å². The zero-order valence-corrected chi connectivity index (χ0v) is 7.83. The minimum absolute atomic E-state index is 0.283. The van der Waals surface area contributed by atoms with Crippen LogP contribution in [-0.4, -0.2) is 15.8 Å². The molecule has 1 aromatic heterocycles. The third-order valence-electron chi connectivity index (χ3n) is 1.96. The van der Waals surface area contributed by atoms with Gasteiger partial charge < -0.3 is 5.73 Å². The zero-order valence-electron chi connectivity index (χ0n) is 7.83. The van der Waals surface area contributed by atoms with E-state index in [9.17, 15) is 0 Å². The Balaban J connectivity index is 2.50. The molecule has 1 heterocycles. The van der Waals surface area contributed by atoms with Gasteiger partial charge in [0.15, 0.2) is 0 Å². The normalized spacial score (nSPS) is 13.2. The van der Waals surface area contributed by atoms with E-state index in [1.54, 1.807) is 0 Å². The fourth-order valence-corrected chi connectivity index (χ4v) is 1.23. The maximum absolute atomic E-state index is 5.67. The second-order valence-electron chi connectivity index (χ2n) is 3.15. The van der Waals surface area contributed by atoms with Crippen molar-refractivity contribution < 1.29 is 0 Å². The predicted octanol–water partition coefficient (Wildman–Crippen LogP) is 1.18. The lowest BCUT2D eigenvalue weighted by molar-refractivity contribution is 0.586. The third kappa shape index (κ3) is 2.34. The maximum Gasteiger partial charge on any atom is 0.0492 e. The monoisotopic (exact) mass is 167 g/mol. The number of rotatable bonds is 4. The van der Waals surface area contributed by atoms with Crippen molar-refractivity contribution in [2.75, 3.05) is 0 Å². The van der Waals surface area contributed by atoms with Crippen LogP contribution in [0.5, 0.6) is 0 Å². The van der Waals surface area contributed by atoms with Crippen LogP contribution in [0.2, 0.25) is 0 Å². The molecule has 3 nitrogen and oxygen atoms in total. The molecule has 0 bridgehead atoms. The van der Waals surface area contributed by atoms with E-state index in [2.05, 4.69) is 18.1 Å². The molecular weight excluding hydrogens is 150 g/mol. The standard InChI is InChI=1S/C9H17N3/c1-3-12-9(6-7-11-12)5-4-8(2)10/h6-8H,3-5,10H2,1-2H3/t8-/m0/s1. The molecule has 0 aliphatic carbocycles. The van der Waals surface area contributed by atoms with Gasteiger partial charge in [-0.1, -0.05) is 0 Å². The number of hydrogen-bond acceptors (Lipinski definition) is 2. The van der Waals surface area contributed by atoms with Crippen molar-refractivity contribution in [1.82, 2.24) is 9.78 Å². The van der Waals surface area contributed by atoms with Crippen LogP contribution in [0.15, 0.2) is 12.3 Å². The Morgan fingerprint density at radius 2 is 2.42 bits per heavy atom. The summed E-state index contributed by atoms with van der Waals surface area (Å²) in [5.74, 6) is 0. The van der Waals surface area contributed by atoms with E-state index in [1.165, 1.54) is 5.69 Å². The minimum atomic E-state index is 0.283. The Hall–Kier alpha value is -0.830. The van der Waals surface area contributed by atoms with Gasteiger partial charge >= 0.3 is 0 Å². The first-order chi connectivity index (χ1) is 5.74. The van der Waals surface area contributed by atoms with E-state index in [0.29, 0.717) is 0 Å². The first-order valence-electron chi connectivity index (χ1n) is 4.50. The number of aromatic nitrogens is 2. The average molecular weight is 167 g/mol. The number of nitrogens with zero attached hydrogens (tertiary/aromatic N) is 2. The summed E-state index contributed by atoms with van der Waals surface area (Å²) in [5, 5.41) is 4.19. The van der Waals surface area contributed by atoms with Crippen LogP contribution < -0.4 is 5.73 Å². The van der Waals surface area contributed by atoms with Crippen molar-refractivity contribution in [3.63, 3.8) is 0 Å². The molecule has 12 heavy (non-hydrogen) atoms. The topological polar surface area (TPSA) is 43.8 Å². The third-order valence-corrected chi connectivity index (χ3v) is 1.96. The van der Waals surface area contributed by atoms with Crippen LogP contribution in [0.1, 0.15) is 26.0 Å². The molecule has 0 amide bonds. The smallest absolute Gasteiger partial charge is 0.0492 e.